The van der Waals surface area contributed by atoms with Crippen LogP contribution in [0, 0.1) is 0 Å². The van der Waals surface area contributed by atoms with E-state index in [0.717, 1.165) is 39.3 Å². The minimum atomic E-state index is 0.983. The SMILES string of the molecule is C=C1/C=C\C=C/N(c2ccc(-c3ccccc3)cc2)c2cc(-c3ccc4c5ccccc5n(-c5ccc(-c6ccccc6)cc5)c4c3)ccc21. The van der Waals surface area contributed by atoms with Gasteiger partial charge in [-0.1, -0.05) is 146 Å². The van der Waals surface area contributed by atoms with Gasteiger partial charge in [0.25, 0.3) is 0 Å². The Bertz CT molecular complexity index is 2570. The highest BCUT2D eigenvalue weighted by Gasteiger charge is 2.18. The number of hydrogen-bond acceptors (Lipinski definition) is 1. The second kappa shape index (κ2) is 12.4. The third-order valence-electron chi connectivity index (χ3n) is 9.74. The highest BCUT2D eigenvalue weighted by molar-refractivity contribution is 6.10. The first-order valence-corrected chi connectivity index (χ1v) is 17.0. The molecule has 2 nitrogen and oxygen atoms in total. The summed E-state index contributed by atoms with van der Waals surface area (Å²) in [6.45, 7) is 4.43. The number of hydrogen-bond donors (Lipinski definition) is 0. The van der Waals surface area contributed by atoms with Crippen LogP contribution in [0.3, 0.4) is 0 Å². The number of rotatable bonds is 5. The van der Waals surface area contributed by atoms with Gasteiger partial charge in [0.1, 0.15) is 0 Å². The molecule has 7 aromatic carbocycles. The standard InChI is InChI=1S/C48H34N2/c1-34-12-10-11-31-49(41-25-19-37(20-26-41)35-13-4-2-5-14-35)47-32-39(23-29-43(34)47)40-24-30-45-44-17-8-9-18-46(44)50(48(45)33-40)42-27-21-38(22-28-42)36-15-6-3-7-16-36/h2-33H,1H2/b12-10-,31-11-. The molecule has 0 amide bonds. The summed E-state index contributed by atoms with van der Waals surface area (Å²) in [6.07, 6.45) is 8.37. The molecule has 0 unspecified atom stereocenters. The number of para-hydroxylation sites is 1. The molecule has 0 bridgehead atoms. The van der Waals surface area contributed by atoms with Gasteiger partial charge in [-0.15, -0.1) is 0 Å². The van der Waals surface area contributed by atoms with Crippen molar-refractivity contribution < 1.29 is 0 Å². The summed E-state index contributed by atoms with van der Waals surface area (Å²) in [5.41, 5.74) is 15.0. The van der Waals surface area contributed by atoms with Gasteiger partial charge in [0.05, 0.1) is 16.7 Å². The van der Waals surface area contributed by atoms with E-state index in [-0.39, 0.29) is 0 Å². The molecule has 0 spiro atoms. The molecule has 9 rings (SSSR count). The molecular weight excluding hydrogens is 605 g/mol. The smallest absolute Gasteiger partial charge is 0.0547 e. The largest absolute Gasteiger partial charge is 0.317 e. The predicted molar refractivity (Wildman–Crippen MR) is 213 cm³/mol. The topological polar surface area (TPSA) is 8.17 Å². The first-order valence-electron chi connectivity index (χ1n) is 17.0. The van der Waals surface area contributed by atoms with E-state index in [1.165, 1.54) is 44.1 Å². The third kappa shape index (κ3) is 5.24. The van der Waals surface area contributed by atoms with E-state index in [2.05, 4.69) is 210 Å². The fourth-order valence-corrected chi connectivity index (χ4v) is 7.19. The molecule has 236 valence electrons. The molecule has 0 aliphatic carbocycles. The van der Waals surface area contributed by atoms with Gasteiger partial charge in [0.15, 0.2) is 0 Å². The van der Waals surface area contributed by atoms with Gasteiger partial charge >= 0.3 is 0 Å². The van der Waals surface area contributed by atoms with Crippen LogP contribution in [0.4, 0.5) is 11.4 Å². The molecule has 0 saturated heterocycles. The number of fused-ring (bicyclic) bond motifs is 4. The molecule has 1 aliphatic rings. The van der Waals surface area contributed by atoms with Crippen molar-refractivity contribution in [3.05, 3.63) is 206 Å². The fraction of sp³-hybridized carbons (Fsp3) is 0. The zero-order chi connectivity index (χ0) is 33.4. The maximum Gasteiger partial charge on any atom is 0.0547 e. The quantitative estimate of drug-likeness (QED) is 0.182. The monoisotopic (exact) mass is 638 g/mol. The molecule has 8 aromatic rings. The Morgan fingerprint density at radius 2 is 0.940 bits per heavy atom. The minimum Gasteiger partial charge on any atom is -0.317 e. The Balaban J connectivity index is 1.16. The van der Waals surface area contributed by atoms with Crippen LogP contribution in [0.1, 0.15) is 5.56 Å². The fourth-order valence-electron chi connectivity index (χ4n) is 7.19. The van der Waals surface area contributed by atoms with E-state index < -0.39 is 0 Å². The van der Waals surface area contributed by atoms with Crippen molar-refractivity contribution in [3.8, 4) is 39.1 Å². The van der Waals surface area contributed by atoms with E-state index in [1.54, 1.807) is 0 Å². The average Bonchev–Trinajstić information content (AvgIpc) is 3.51. The van der Waals surface area contributed by atoms with E-state index in [0.29, 0.717) is 0 Å². The second-order valence-electron chi connectivity index (χ2n) is 12.7. The normalized spacial score (nSPS) is 13.9. The molecule has 0 fully saturated rings. The summed E-state index contributed by atoms with van der Waals surface area (Å²) >= 11 is 0. The maximum absolute atomic E-state index is 4.43. The lowest BCUT2D eigenvalue weighted by molar-refractivity contribution is 1.18. The zero-order valence-electron chi connectivity index (χ0n) is 27.6. The van der Waals surface area contributed by atoms with Crippen molar-refractivity contribution in [2.45, 2.75) is 0 Å². The van der Waals surface area contributed by atoms with Crippen LogP contribution >= 0.6 is 0 Å². The van der Waals surface area contributed by atoms with Gasteiger partial charge in [-0.05, 0) is 87.5 Å². The summed E-state index contributed by atoms with van der Waals surface area (Å²) < 4.78 is 2.40. The van der Waals surface area contributed by atoms with Crippen molar-refractivity contribution in [1.29, 1.82) is 0 Å². The first kappa shape index (κ1) is 29.5. The highest BCUT2D eigenvalue weighted by Crippen LogP contribution is 2.40. The first-order chi connectivity index (χ1) is 24.7. The highest BCUT2D eigenvalue weighted by atomic mass is 15.1. The predicted octanol–water partition coefficient (Wildman–Crippen LogP) is 13.0. The van der Waals surface area contributed by atoms with Gasteiger partial charge in [-0.2, -0.15) is 0 Å². The van der Waals surface area contributed by atoms with Crippen LogP contribution in [0.5, 0.6) is 0 Å². The molecule has 0 atom stereocenters. The van der Waals surface area contributed by atoms with E-state index in [1.807, 2.05) is 0 Å². The molecule has 0 saturated carbocycles. The van der Waals surface area contributed by atoms with Crippen LogP contribution in [0.15, 0.2) is 201 Å². The average molecular weight is 639 g/mol. The Labute approximate surface area is 292 Å². The molecule has 2 heteroatoms. The molecule has 0 N–H and O–H groups in total. The lowest BCUT2D eigenvalue weighted by Crippen LogP contribution is -2.11. The van der Waals surface area contributed by atoms with Crippen molar-refractivity contribution >= 4 is 38.8 Å². The Hall–Kier alpha value is -6.64. The van der Waals surface area contributed by atoms with Crippen molar-refractivity contribution in [3.63, 3.8) is 0 Å². The molecule has 1 aromatic heterocycles. The molecule has 50 heavy (non-hydrogen) atoms. The number of aromatic nitrogens is 1. The minimum absolute atomic E-state index is 0.983. The molecule has 0 radical (unpaired) electrons. The summed E-state index contributed by atoms with van der Waals surface area (Å²) in [7, 11) is 0. The van der Waals surface area contributed by atoms with Crippen LogP contribution in [-0.2, 0) is 0 Å². The Kier molecular flexibility index (Phi) is 7.33. The molecule has 2 heterocycles. The van der Waals surface area contributed by atoms with Gasteiger partial charge in [-0.3, -0.25) is 0 Å². The second-order valence-corrected chi connectivity index (χ2v) is 12.7. The van der Waals surface area contributed by atoms with Crippen molar-refractivity contribution in [2.24, 2.45) is 0 Å². The summed E-state index contributed by atoms with van der Waals surface area (Å²) in [4.78, 5) is 2.27. The van der Waals surface area contributed by atoms with Gasteiger partial charge in [-0.25, -0.2) is 0 Å². The Morgan fingerprint density at radius 3 is 1.64 bits per heavy atom. The van der Waals surface area contributed by atoms with Crippen molar-refractivity contribution in [2.75, 3.05) is 4.90 Å². The zero-order valence-corrected chi connectivity index (χ0v) is 27.6. The lowest BCUT2D eigenvalue weighted by atomic mass is 9.96. The van der Waals surface area contributed by atoms with Crippen molar-refractivity contribution in [1.82, 2.24) is 4.57 Å². The molecular formula is C48H34N2. The summed E-state index contributed by atoms with van der Waals surface area (Å²) in [6, 6.07) is 61.1. The number of allylic oxidation sites excluding steroid dienone is 4. The number of nitrogens with zero attached hydrogens (tertiary/aromatic N) is 2. The summed E-state index contributed by atoms with van der Waals surface area (Å²) in [5, 5.41) is 2.49. The summed E-state index contributed by atoms with van der Waals surface area (Å²) in [5.74, 6) is 0. The third-order valence-corrected chi connectivity index (χ3v) is 9.74. The van der Waals surface area contributed by atoms with Gasteiger partial charge in [0.2, 0.25) is 0 Å². The maximum atomic E-state index is 4.43. The van der Waals surface area contributed by atoms with Crippen LogP contribution in [-0.4, -0.2) is 4.57 Å². The van der Waals surface area contributed by atoms with E-state index >= 15 is 0 Å². The number of anilines is 2. The van der Waals surface area contributed by atoms with Crippen LogP contribution in [0.25, 0.3) is 66.4 Å². The Morgan fingerprint density at radius 1 is 0.400 bits per heavy atom. The molecule has 1 aliphatic heterocycles. The van der Waals surface area contributed by atoms with Crippen LogP contribution in [0.2, 0.25) is 0 Å². The van der Waals surface area contributed by atoms with E-state index in [4.69, 9.17) is 0 Å². The van der Waals surface area contributed by atoms with Gasteiger partial charge < -0.3 is 9.47 Å². The van der Waals surface area contributed by atoms with Gasteiger partial charge in [0, 0.05) is 33.9 Å². The number of benzene rings is 7. The van der Waals surface area contributed by atoms with Crippen LogP contribution < -0.4 is 4.90 Å². The van der Waals surface area contributed by atoms with E-state index in [9.17, 15) is 0 Å². The lowest BCUT2D eigenvalue weighted by Gasteiger charge is -2.26.